The van der Waals surface area contributed by atoms with Crippen LogP contribution in [0.1, 0.15) is 23.2 Å². The zero-order valence-electron chi connectivity index (χ0n) is 11.0. The molecule has 0 radical (unpaired) electrons. The third kappa shape index (κ3) is 2.58. The van der Waals surface area contributed by atoms with Gasteiger partial charge in [0.05, 0.1) is 6.10 Å². The average Bonchev–Trinajstić information content (AvgIpc) is 2.97. The van der Waals surface area contributed by atoms with Gasteiger partial charge >= 0.3 is 0 Å². The van der Waals surface area contributed by atoms with Crippen molar-refractivity contribution in [3.05, 3.63) is 41.4 Å². The van der Waals surface area contributed by atoms with Crippen molar-refractivity contribution in [1.29, 1.82) is 5.41 Å². The van der Waals surface area contributed by atoms with Gasteiger partial charge in [0.15, 0.2) is 0 Å². The maximum absolute atomic E-state index is 12.1. The summed E-state index contributed by atoms with van der Waals surface area (Å²) < 4.78 is 10.8. The van der Waals surface area contributed by atoms with Crippen LogP contribution in [0.4, 0.5) is 0 Å². The zero-order valence-corrected chi connectivity index (χ0v) is 11.0. The highest BCUT2D eigenvalue weighted by Gasteiger charge is 2.18. The van der Waals surface area contributed by atoms with Gasteiger partial charge in [-0.05, 0) is 25.0 Å². The van der Waals surface area contributed by atoms with Crippen LogP contribution in [0.15, 0.2) is 34.7 Å². The number of hydrogen-bond donors (Lipinski definition) is 2. The topological polar surface area (TPSA) is 75.3 Å². The summed E-state index contributed by atoms with van der Waals surface area (Å²) in [6.07, 6.45) is 2.09. The highest BCUT2D eigenvalue weighted by molar-refractivity contribution is 5.96. The second-order valence-corrected chi connectivity index (χ2v) is 4.87. The number of para-hydroxylation sites is 1. The predicted molar refractivity (Wildman–Crippen MR) is 73.4 cm³/mol. The number of amides is 1. The maximum atomic E-state index is 12.1. The molecule has 1 aliphatic rings. The number of hydrogen-bond acceptors (Lipinski definition) is 4. The molecule has 1 saturated heterocycles. The lowest BCUT2D eigenvalue weighted by atomic mass is 10.1. The van der Waals surface area contributed by atoms with E-state index in [0.29, 0.717) is 12.1 Å². The Balaban J connectivity index is 1.79. The van der Waals surface area contributed by atoms with Crippen LogP contribution in [-0.2, 0) is 4.74 Å². The van der Waals surface area contributed by atoms with E-state index >= 15 is 0 Å². The lowest BCUT2D eigenvalue weighted by Gasteiger charge is -2.10. The Labute approximate surface area is 116 Å². The standard InChI is InChI=1S/C15H16N2O3/c16-14-12(8-10-4-1-2-6-13(10)20-14)15(18)17-9-11-5-3-7-19-11/h1-2,4,6,8,11,16H,3,5,7,9H2,(H,17,18). The fraction of sp³-hybridized carbons (Fsp3) is 0.333. The lowest BCUT2D eigenvalue weighted by molar-refractivity contribution is 0.0854. The molecule has 2 heterocycles. The molecular formula is C15H16N2O3. The van der Waals surface area contributed by atoms with E-state index in [1.165, 1.54) is 0 Å². The molecule has 1 aliphatic heterocycles. The molecule has 20 heavy (non-hydrogen) atoms. The van der Waals surface area contributed by atoms with Crippen molar-refractivity contribution in [1.82, 2.24) is 5.32 Å². The monoisotopic (exact) mass is 272 g/mol. The van der Waals surface area contributed by atoms with Crippen LogP contribution < -0.4 is 10.9 Å². The van der Waals surface area contributed by atoms with E-state index in [0.717, 1.165) is 24.8 Å². The predicted octanol–water partition coefficient (Wildman–Crippen LogP) is 1.82. The molecule has 5 nitrogen and oxygen atoms in total. The number of ether oxygens (including phenoxy) is 1. The summed E-state index contributed by atoms with van der Waals surface area (Å²) in [5.41, 5.74) is 0.739. The lowest BCUT2D eigenvalue weighted by Crippen LogP contribution is -2.34. The molecular weight excluding hydrogens is 256 g/mol. The third-order valence-corrected chi connectivity index (χ3v) is 3.43. The van der Waals surface area contributed by atoms with Gasteiger partial charge in [-0.3, -0.25) is 10.2 Å². The number of carbonyl (C=O) groups excluding carboxylic acids is 1. The van der Waals surface area contributed by atoms with E-state index < -0.39 is 0 Å². The first kappa shape index (κ1) is 12.9. The van der Waals surface area contributed by atoms with E-state index in [1.54, 1.807) is 12.1 Å². The normalized spacial score (nSPS) is 18.3. The van der Waals surface area contributed by atoms with Gasteiger partial charge in [-0.2, -0.15) is 0 Å². The van der Waals surface area contributed by atoms with E-state index in [2.05, 4.69) is 5.32 Å². The molecule has 0 bridgehead atoms. The number of nitrogens with one attached hydrogen (secondary N) is 2. The van der Waals surface area contributed by atoms with Gasteiger partial charge in [-0.1, -0.05) is 18.2 Å². The molecule has 1 unspecified atom stereocenters. The highest BCUT2D eigenvalue weighted by Crippen LogP contribution is 2.13. The molecule has 5 heteroatoms. The first-order chi connectivity index (χ1) is 9.74. The number of rotatable bonds is 3. The molecule has 0 saturated carbocycles. The Morgan fingerprint density at radius 2 is 2.25 bits per heavy atom. The first-order valence-corrected chi connectivity index (χ1v) is 6.71. The van der Waals surface area contributed by atoms with E-state index in [-0.39, 0.29) is 23.1 Å². The zero-order chi connectivity index (χ0) is 13.9. The van der Waals surface area contributed by atoms with Crippen molar-refractivity contribution in [3.63, 3.8) is 0 Å². The molecule has 104 valence electrons. The fourth-order valence-electron chi connectivity index (χ4n) is 2.35. The molecule has 3 rings (SSSR count). The Morgan fingerprint density at radius 1 is 1.40 bits per heavy atom. The van der Waals surface area contributed by atoms with Crippen LogP contribution in [0.25, 0.3) is 11.0 Å². The Kier molecular flexibility index (Phi) is 3.52. The van der Waals surface area contributed by atoms with Crippen LogP contribution >= 0.6 is 0 Å². The van der Waals surface area contributed by atoms with Crippen LogP contribution in [0.3, 0.4) is 0 Å². The Bertz CT molecular complexity index is 687. The van der Waals surface area contributed by atoms with Crippen LogP contribution in [0.2, 0.25) is 0 Å². The first-order valence-electron chi connectivity index (χ1n) is 6.71. The van der Waals surface area contributed by atoms with Crippen molar-refractivity contribution in [3.8, 4) is 0 Å². The number of fused-ring (bicyclic) bond motifs is 1. The van der Waals surface area contributed by atoms with Crippen LogP contribution in [0.5, 0.6) is 0 Å². The summed E-state index contributed by atoms with van der Waals surface area (Å²) in [5.74, 6) is -0.292. The van der Waals surface area contributed by atoms with Crippen molar-refractivity contribution < 1.29 is 13.9 Å². The minimum atomic E-state index is -0.292. The van der Waals surface area contributed by atoms with Crippen molar-refractivity contribution >= 4 is 16.9 Å². The van der Waals surface area contributed by atoms with Crippen molar-refractivity contribution in [2.45, 2.75) is 18.9 Å². The smallest absolute Gasteiger partial charge is 0.256 e. The summed E-state index contributed by atoms with van der Waals surface area (Å²) in [7, 11) is 0. The SMILES string of the molecule is N=c1oc2ccccc2cc1C(=O)NCC1CCCO1. The highest BCUT2D eigenvalue weighted by atomic mass is 16.5. The molecule has 1 atom stereocenters. The van der Waals surface area contributed by atoms with E-state index in [9.17, 15) is 4.79 Å². The van der Waals surface area contributed by atoms with E-state index in [1.807, 2.05) is 18.2 Å². The molecule has 0 aliphatic carbocycles. The van der Waals surface area contributed by atoms with Gasteiger partial charge in [0.2, 0.25) is 5.55 Å². The number of carbonyl (C=O) groups is 1. The largest absolute Gasteiger partial charge is 0.438 e. The summed E-state index contributed by atoms with van der Waals surface area (Å²) >= 11 is 0. The molecule has 1 aromatic heterocycles. The quantitative estimate of drug-likeness (QED) is 0.895. The molecule has 0 spiro atoms. The molecule has 2 aromatic rings. The maximum Gasteiger partial charge on any atom is 0.256 e. The van der Waals surface area contributed by atoms with Gasteiger partial charge in [0.25, 0.3) is 5.91 Å². The van der Waals surface area contributed by atoms with Crippen LogP contribution in [-0.4, -0.2) is 25.2 Å². The molecule has 1 fully saturated rings. The van der Waals surface area contributed by atoms with Crippen molar-refractivity contribution in [2.24, 2.45) is 0 Å². The van der Waals surface area contributed by atoms with Gasteiger partial charge in [-0.15, -0.1) is 0 Å². The third-order valence-electron chi connectivity index (χ3n) is 3.43. The van der Waals surface area contributed by atoms with Crippen LogP contribution in [0, 0.1) is 5.41 Å². The Morgan fingerprint density at radius 3 is 3.05 bits per heavy atom. The summed E-state index contributed by atoms with van der Waals surface area (Å²) in [4.78, 5) is 12.1. The number of benzene rings is 1. The minimum Gasteiger partial charge on any atom is -0.438 e. The Hall–Kier alpha value is -2.14. The second-order valence-electron chi connectivity index (χ2n) is 4.87. The van der Waals surface area contributed by atoms with E-state index in [4.69, 9.17) is 14.6 Å². The molecule has 1 amide bonds. The van der Waals surface area contributed by atoms with Gasteiger partial charge in [0.1, 0.15) is 11.1 Å². The molecule has 2 N–H and O–H groups in total. The molecule has 1 aromatic carbocycles. The van der Waals surface area contributed by atoms with Crippen molar-refractivity contribution in [2.75, 3.05) is 13.2 Å². The summed E-state index contributed by atoms with van der Waals surface area (Å²) in [5, 5.41) is 11.4. The van der Waals surface area contributed by atoms with Gasteiger partial charge < -0.3 is 14.5 Å². The van der Waals surface area contributed by atoms with Gasteiger partial charge in [0, 0.05) is 18.5 Å². The summed E-state index contributed by atoms with van der Waals surface area (Å²) in [6.45, 7) is 1.24. The fourth-order valence-corrected chi connectivity index (χ4v) is 2.35. The second kappa shape index (κ2) is 5.46. The average molecular weight is 272 g/mol. The minimum absolute atomic E-state index is 0.0885. The van der Waals surface area contributed by atoms with Gasteiger partial charge in [-0.25, -0.2) is 0 Å². The summed E-state index contributed by atoms with van der Waals surface area (Å²) in [6, 6.07) is 9.03.